The molecule has 2 nitrogen and oxygen atoms in total. The lowest BCUT2D eigenvalue weighted by Crippen LogP contribution is -2.31. The topological polar surface area (TPSA) is 21.3 Å². The molecule has 0 fully saturated rings. The SMILES string of the molecule is CCCC(CNCC(C)C)OCc1ccccc1Br. The second-order valence-corrected chi connectivity index (χ2v) is 6.22. The Hall–Kier alpha value is -0.380. The highest BCUT2D eigenvalue weighted by Gasteiger charge is 2.09. The number of halogens is 1. The second-order valence-electron chi connectivity index (χ2n) is 5.37. The predicted octanol–water partition coefficient (Wildman–Crippen LogP) is 4.38. The lowest BCUT2D eigenvalue weighted by molar-refractivity contribution is 0.0342. The predicted molar refractivity (Wildman–Crippen MR) is 85.3 cm³/mol. The highest BCUT2D eigenvalue weighted by molar-refractivity contribution is 9.10. The van der Waals surface area contributed by atoms with Crippen LogP contribution in [0, 0.1) is 5.92 Å². The van der Waals surface area contributed by atoms with Crippen molar-refractivity contribution in [3.05, 3.63) is 34.3 Å². The summed E-state index contributed by atoms with van der Waals surface area (Å²) in [5.41, 5.74) is 1.22. The highest BCUT2D eigenvalue weighted by Crippen LogP contribution is 2.17. The fraction of sp³-hybridized carbons (Fsp3) is 0.625. The summed E-state index contributed by atoms with van der Waals surface area (Å²) < 4.78 is 7.16. The van der Waals surface area contributed by atoms with Crippen molar-refractivity contribution in [1.82, 2.24) is 5.32 Å². The van der Waals surface area contributed by atoms with E-state index in [9.17, 15) is 0 Å². The molecule has 1 N–H and O–H groups in total. The Labute approximate surface area is 126 Å². The molecule has 0 radical (unpaired) electrons. The third-order valence-electron chi connectivity index (χ3n) is 2.97. The summed E-state index contributed by atoms with van der Waals surface area (Å²) in [6.45, 7) is 9.33. The van der Waals surface area contributed by atoms with Crippen LogP contribution in [0.15, 0.2) is 28.7 Å². The molecule has 0 aliphatic carbocycles. The lowest BCUT2D eigenvalue weighted by atomic mass is 10.2. The maximum absolute atomic E-state index is 6.04. The van der Waals surface area contributed by atoms with Gasteiger partial charge in [0, 0.05) is 11.0 Å². The molecule has 108 valence electrons. The van der Waals surface area contributed by atoms with Gasteiger partial charge in [0.15, 0.2) is 0 Å². The van der Waals surface area contributed by atoms with Gasteiger partial charge in [0.05, 0.1) is 12.7 Å². The van der Waals surface area contributed by atoms with Crippen LogP contribution in [-0.4, -0.2) is 19.2 Å². The van der Waals surface area contributed by atoms with Gasteiger partial charge in [0.25, 0.3) is 0 Å². The van der Waals surface area contributed by atoms with Crippen LogP contribution in [0.3, 0.4) is 0 Å². The fourth-order valence-electron chi connectivity index (χ4n) is 1.92. The molecule has 0 amide bonds. The first-order valence-electron chi connectivity index (χ1n) is 7.19. The van der Waals surface area contributed by atoms with Crippen LogP contribution >= 0.6 is 15.9 Å². The molecule has 3 heteroatoms. The summed E-state index contributed by atoms with van der Waals surface area (Å²) >= 11 is 3.56. The smallest absolute Gasteiger partial charge is 0.0732 e. The number of ether oxygens (including phenoxy) is 1. The molecule has 1 unspecified atom stereocenters. The number of hydrogen-bond donors (Lipinski definition) is 1. The first-order valence-corrected chi connectivity index (χ1v) is 7.98. The monoisotopic (exact) mass is 327 g/mol. The molecule has 0 aromatic heterocycles. The maximum Gasteiger partial charge on any atom is 0.0732 e. The van der Waals surface area contributed by atoms with E-state index in [-0.39, 0.29) is 0 Å². The van der Waals surface area contributed by atoms with Gasteiger partial charge in [-0.1, -0.05) is 61.3 Å². The third kappa shape index (κ3) is 7.09. The van der Waals surface area contributed by atoms with Crippen molar-refractivity contribution in [3.63, 3.8) is 0 Å². The van der Waals surface area contributed by atoms with Gasteiger partial charge in [-0.25, -0.2) is 0 Å². The van der Waals surface area contributed by atoms with E-state index in [1.165, 1.54) is 5.56 Å². The summed E-state index contributed by atoms with van der Waals surface area (Å²) in [4.78, 5) is 0. The van der Waals surface area contributed by atoms with Crippen molar-refractivity contribution in [2.24, 2.45) is 5.92 Å². The Kier molecular flexibility index (Phi) is 8.35. The molecule has 1 aromatic carbocycles. The molecule has 1 rings (SSSR count). The van der Waals surface area contributed by atoms with Crippen molar-refractivity contribution in [3.8, 4) is 0 Å². The number of rotatable bonds is 9. The Balaban J connectivity index is 2.38. The molecule has 1 atom stereocenters. The van der Waals surface area contributed by atoms with Crippen molar-refractivity contribution in [2.75, 3.05) is 13.1 Å². The van der Waals surface area contributed by atoms with Crippen LogP contribution in [0.5, 0.6) is 0 Å². The van der Waals surface area contributed by atoms with E-state index < -0.39 is 0 Å². The number of benzene rings is 1. The lowest BCUT2D eigenvalue weighted by Gasteiger charge is -2.19. The average molecular weight is 328 g/mol. The van der Waals surface area contributed by atoms with E-state index in [1.54, 1.807) is 0 Å². The highest BCUT2D eigenvalue weighted by atomic mass is 79.9. The van der Waals surface area contributed by atoms with Crippen molar-refractivity contribution in [1.29, 1.82) is 0 Å². The molecule has 0 aliphatic rings. The van der Waals surface area contributed by atoms with Crippen LogP contribution in [0.25, 0.3) is 0 Å². The van der Waals surface area contributed by atoms with Crippen LogP contribution in [0.2, 0.25) is 0 Å². The quantitative estimate of drug-likeness (QED) is 0.726. The van der Waals surface area contributed by atoms with Crippen molar-refractivity contribution < 1.29 is 4.74 Å². The zero-order valence-corrected chi connectivity index (χ0v) is 13.9. The summed E-state index contributed by atoms with van der Waals surface area (Å²) in [6.07, 6.45) is 2.57. The summed E-state index contributed by atoms with van der Waals surface area (Å²) in [5.74, 6) is 0.686. The minimum Gasteiger partial charge on any atom is -0.372 e. The molecule has 1 aromatic rings. The van der Waals surface area contributed by atoms with Crippen LogP contribution in [-0.2, 0) is 11.3 Å². The van der Waals surface area contributed by atoms with Gasteiger partial charge in [0.2, 0.25) is 0 Å². The normalized spacial score (nSPS) is 12.9. The molecular formula is C16H26BrNO. The molecule has 0 aliphatic heterocycles. The summed E-state index contributed by atoms with van der Waals surface area (Å²) in [6, 6.07) is 8.25. The summed E-state index contributed by atoms with van der Waals surface area (Å²) in [5, 5.41) is 3.48. The zero-order chi connectivity index (χ0) is 14.1. The number of nitrogens with one attached hydrogen (secondary N) is 1. The molecule has 0 saturated carbocycles. The molecule has 0 saturated heterocycles. The molecule has 0 heterocycles. The van der Waals surface area contributed by atoms with E-state index >= 15 is 0 Å². The fourth-order valence-corrected chi connectivity index (χ4v) is 2.32. The van der Waals surface area contributed by atoms with E-state index in [0.29, 0.717) is 18.6 Å². The van der Waals surface area contributed by atoms with Gasteiger partial charge in [-0.2, -0.15) is 0 Å². The van der Waals surface area contributed by atoms with E-state index in [2.05, 4.69) is 60.2 Å². The molecular weight excluding hydrogens is 302 g/mol. The largest absolute Gasteiger partial charge is 0.372 e. The van der Waals surface area contributed by atoms with Crippen LogP contribution in [0.4, 0.5) is 0 Å². The Bertz CT molecular complexity index is 354. The van der Waals surface area contributed by atoms with Crippen molar-refractivity contribution >= 4 is 15.9 Å². The first-order chi connectivity index (χ1) is 9.13. The van der Waals surface area contributed by atoms with Gasteiger partial charge in [0.1, 0.15) is 0 Å². The number of hydrogen-bond acceptors (Lipinski definition) is 2. The Morgan fingerprint density at radius 2 is 1.95 bits per heavy atom. The van der Waals surface area contributed by atoms with Crippen LogP contribution < -0.4 is 5.32 Å². The third-order valence-corrected chi connectivity index (χ3v) is 3.74. The second kappa shape index (κ2) is 9.51. The Morgan fingerprint density at radius 1 is 1.21 bits per heavy atom. The van der Waals surface area contributed by atoms with E-state index in [0.717, 1.165) is 30.4 Å². The molecule has 0 bridgehead atoms. The summed E-state index contributed by atoms with van der Waals surface area (Å²) in [7, 11) is 0. The van der Waals surface area contributed by atoms with Gasteiger partial charge < -0.3 is 10.1 Å². The molecule has 0 spiro atoms. The van der Waals surface area contributed by atoms with Gasteiger partial charge in [-0.15, -0.1) is 0 Å². The van der Waals surface area contributed by atoms with Gasteiger partial charge in [-0.3, -0.25) is 0 Å². The van der Waals surface area contributed by atoms with Gasteiger partial charge >= 0.3 is 0 Å². The van der Waals surface area contributed by atoms with Crippen molar-refractivity contribution in [2.45, 2.75) is 46.3 Å². The zero-order valence-electron chi connectivity index (χ0n) is 12.3. The molecule has 19 heavy (non-hydrogen) atoms. The van der Waals surface area contributed by atoms with Gasteiger partial charge in [-0.05, 0) is 30.5 Å². The van der Waals surface area contributed by atoms with E-state index in [4.69, 9.17) is 4.74 Å². The Morgan fingerprint density at radius 3 is 2.58 bits per heavy atom. The first kappa shape index (κ1) is 16.7. The van der Waals surface area contributed by atoms with E-state index in [1.807, 2.05) is 6.07 Å². The standard InChI is InChI=1S/C16H26BrNO/c1-4-7-15(11-18-10-13(2)3)19-12-14-8-5-6-9-16(14)17/h5-6,8-9,13,15,18H,4,7,10-12H2,1-3H3. The minimum absolute atomic E-state index is 0.302. The minimum atomic E-state index is 0.302. The van der Waals surface area contributed by atoms with Crippen LogP contribution in [0.1, 0.15) is 39.2 Å². The maximum atomic E-state index is 6.04. The average Bonchev–Trinajstić information content (AvgIpc) is 2.37.